The third-order valence-corrected chi connectivity index (χ3v) is 10.9. The molecule has 0 radical (unpaired) electrons. The zero-order chi connectivity index (χ0) is 30.6. The van der Waals surface area contributed by atoms with E-state index in [2.05, 4.69) is 47.8 Å². The van der Waals surface area contributed by atoms with Gasteiger partial charge in [0.1, 0.15) is 11.7 Å². The van der Waals surface area contributed by atoms with Crippen LogP contribution < -0.4 is 10.7 Å². The number of benzene rings is 3. The summed E-state index contributed by atoms with van der Waals surface area (Å²) < 4.78 is 29.4. The zero-order valence-electron chi connectivity index (χ0n) is 25.0. The van der Waals surface area contributed by atoms with Crippen LogP contribution in [0.1, 0.15) is 56.7 Å². The number of hydrogen-bond donors (Lipinski definition) is 2. The SMILES string of the molecule is CN=C1N=C(N)[C@@](C)(c2ccccc2)CCCC(C)(C)CSCCc2c(c(OF)cc3[nH]ccc23)Sc2ccc(F)c1c2. The summed E-state index contributed by atoms with van der Waals surface area (Å²) in [5, 5.41) is 1.02. The molecule has 0 amide bonds. The van der Waals surface area contributed by atoms with Gasteiger partial charge in [-0.05, 0) is 78.5 Å². The van der Waals surface area contributed by atoms with Crippen molar-refractivity contribution in [2.24, 2.45) is 21.1 Å². The summed E-state index contributed by atoms with van der Waals surface area (Å²) in [4.78, 5) is 18.1. The predicted molar refractivity (Wildman–Crippen MR) is 177 cm³/mol. The number of halogens is 2. The van der Waals surface area contributed by atoms with Crippen LogP contribution in [0.5, 0.6) is 5.75 Å². The minimum atomic E-state index is -0.567. The Morgan fingerprint density at radius 2 is 1.84 bits per heavy atom. The molecule has 1 aromatic heterocycles. The fraction of sp³-hybridized carbons (Fsp3) is 0.353. The first kappa shape index (κ1) is 31.1. The number of H-pyrrole nitrogens is 1. The van der Waals surface area contributed by atoms with Gasteiger partial charge in [0.2, 0.25) is 0 Å². The topological polar surface area (TPSA) is 75.8 Å². The number of rotatable bonds is 2. The summed E-state index contributed by atoms with van der Waals surface area (Å²) in [5.41, 5.74) is 9.44. The minimum Gasteiger partial charge on any atom is -0.386 e. The number of nitrogens with one attached hydrogen (secondary N) is 1. The summed E-state index contributed by atoms with van der Waals surface area (Å²) in [6, 6.07) is 18.6. The van der Waals surface area contributed by atoms with Crippen molar-refractivity contribution in [1.82, 2.24) is 4.98 Å². The number of amidine groups is 2. The van der Waals surface area contributed by atoms with E-state index < -0.39 is 11.2 Å². The number of aryl methyl sites for hydroxylation is 1. The first-order valence-corrected chi connectivity index (χ1v) is 16.5. The van der Waals surface area contributed by atoms with Crippen LogP contribution in [0.25, 0.3) is 10.9 Å². The van der Waals surface area contributed by atoms with E-state index >= 15 is 4.39 Å². The highest BCUT2D eigenvalue weighted by molar-refractivity contribution is 7.99. The van der Waals surface area contributed by atoms with E-state index in [0.29, 0.717) is 15.6 Å². The van der Waals surface area contributed by atoms with E-state index in [4.69, 9.17) is 10.7 Å². The van der Waals surface area contributed by atoms with Crippen molar-refractivity contribution < 1.29 is 13.9 Å². The number of thioether (sulfide) groups is 1. The monoisotopic (exact) mass is 620 g/mol. The number of nitrogens with two attached hydrogens (primary N) is 1. The Balaban J connectivity index is 1.64. The van der Waals surface area contributed by atoms with E-state index in [-0.39, 0.29) is 22.6 Å². The molecule has 0 fully saturated rings. The molecule has 1 aliphatic rings. The Morgan fingerprint density at radius 1 is 1.05 bits per heavy atom. The van der Waals surface area contributed by atoms with Gasteiger partial charge in [-0.25, -0.2) is 9.38 Å². The molecule has 226 valence electrons. The first-order chi connectivity index (χ1) is 20.6. The van der Waals surface area contributed by atoms with Crippen molar-refractivity contribution in [3.05, 3.63) is 89.4 Å². The van der Waals surface area contributed by atoms with Gasteiger partial charge in [-0.1, -0.05) is 62.4 Å². The molecule has 43 heavy (non-hydrogen) atoms. The second kappa shape index (κ2) is 13.1. The number of aromatic amines is 1. The largest absolute Gasteiger partial charge is 0.386 e. The Morgan fingerprint density at radius 3 is 2.58 bits per heavy atom. The fourth-order valence-electron chi connectivity index (χ4n) is 5.72. The van der Waals surface area contributed by atoms with E-state index in [9.17, 15) is 4.53 Å². The van der Waals surface area contributed by atoms with E-state index in [1.807, 2.05) is 42.2 Å². The maximum absolute atomic E-state index is 15.4. The van der Waals surface area contributed by atoms with Crippen molar-refractivity contribution in [1.29, 1.82) is 0 Å². The quantitative estimate of drug-likeness (QED) is 0.235. The molecule has 3 aromatic carbocycles. The van der Waals surface area contributed by atoms with Crippen LogP contribution in [0.3, 0.4) is 0 Å². The number of hydrogen-bond acceptors (Lipinski definition) is 5. The van der Waals surface area contributed by atoms with Crippen LogP contribution in [0.15, 0.2) is 86.6 Å². The first-order valence-electron chi connectivity index (χ1n) is 14.5. The number of fused-ring (bicyclic) bond motifs is 5. The number of nitrogens with zero attached hydrogens (tertiary/aromatic N) is 2. The minimum absolute atomic E-state index is 0.0983. The Labute approximate surface area is 260 Å². The smallest absolute Gasteiger partial charge is 0.188 e. The predicted octanol–water partition coefficient (Wildman–Crippen LogP) is 8.90. The fourth-order valence-corrected chi connectivity index (χ4v) is 7.98. The highest BCUT2D eigenvalue weighted by atomic mass is 32.2. The molecule has 5 nitrogen and oxygen atoms in total. The molecule has 1 atom stereocenters. The van der Waals surface area contributed by atoms with Crippen molar-refractivity contribution >= 4 is 46.1 Å². The Bertz CT molecular complexity index is 1650. The van der Waals surface area contributed by atoms with Crippen LogP contribution in [0.4, 0.5) is 8.92 Å². The lowest BCUT2D eigenvalue weighted by Crippen LogP contribution is -2.40. The van der Waals surface area contributed by atoms with Crippen LogP contribution in [0, 0.1) is 11.2 Å². The van der Waals surface area contributed by atoms with Gasteiger partial charge in [-0.15, -0.1) is 0 Å². The molecule has 0 saturated heterocycles. The van der Waals surface area contributed by atoms with Crippen molar-refractivity contribution in [2.75, 3.05) is 18.6 Å². The molecule has 0 unspecified atom stereocenters. The standard InChI is InChI=1S/C34H38F2N4OS2/c1-33(2)15-8-16-34(3,22-9-6-5-7-10-22)32(37)40-31(38-4)26-19-23(11-12-27(26)35)43-30-25(14-18-42-21-33)24-13-17-39-28(24)20-29(30)41-36/h5-7,9-13,17,19-20,39H,8,14-16,18,21H2,1-4H3,(H2,37,38,40)/t34-/m1/s1. The van der Waals surface area contributed by atoms with Crippen LogP contribution in [-0.2, 0) is 11.8 Å². The molecule has 0 spiro atoms. The summed E-state index contributed by atoms with van der Waals surface area (Å²) in [6.07, 6.45) is 5.33. The highest BCUT2D eigenvalue weighted by Gasteiger charge is 2.33. The van der Waals surface area contributed by atoms with Crippen molar-refractivity contribution in [3.8, 4) is 5.75 Å². The summed E-state index contributed by atoms with van der Waals surface area (Å²) in [7, 11) is 1.59. The summed E-state index contributed by atoms with van der Waals surface area (Å²) in [5.74, 6) is 2.13. The van der Waals surface area contributed by atoms with Crippen molar-refractivity contribution in [2.45, 2.75) is 61.7 Å². The lowest BCUT2D eigenvalue weighted by molar-refractivity contribution is -0.00955. The second-order valence-electron chi connectivity index (χ2n) is 12.0. The second-order valence-corrected chi connectivity index (χ2v) is 14.2. The maximum atomic E-state index is 15.4. The average Bonchev–Trinajstić information content (AvgIpc) is 3.47. The molecular formula is C34H38F2N4OS2. The van der Waals surface area contributed by atoms with Gasteiger partial charge in [0.25, 0.3) is 0 Å². The van der Waals surface area contributed by atoms with Gasteiger partial charge in [0, 0.05) is 45.1 Å². The summed E-state index contributed by atoms with van der Waals surface area (Å²) >= 11 is 3.25. The lowest BCUT2D eigenvalue weighted by Gasteiger charge is -2.32. The van der Waals surface area contributed by atoms with Gasteiger partial charge in [-0.3, -0.25) is 9.93 Å². The average molecular weight is 621 g/mol. The third-order valence-electron chi connectivity index (χ3n) is 8.29. The molecule has 9 heteroatoms. The van der Waals surface area contributed by atoms with Crippen LogP contribution in [-0.4, -0.2) is 35.2 Å². The normalized spacial score (nSPS) is 21.1. The molecule has 5 rings (SSSR count). The Hall–Kier alpha value is -3.30. The van der Waals surface area contributed by atoms with E-state index in [1.54, 1.807) is 25.2 Å². The van der Waals surface area contributed by atoms with Gasteiger partial charge in [-0.2, -0.15) is 11.8 Å². The van der Waals surface area contributed by atoms with Crippen LogP contribution in [0.2, 0.25) is 0 Å². The molecule has 2 heterocycles. The van der Waals surface area contributed by atoms with Gasteiger partial charge < -0.3 is 10.7 Å². The van der Waals surface area contributed by atoms with E-state index in [1.165, 1.54) is 17.8 Å². The summed E-state index contributed by atoms with van der Waals surface area (Å²) in [6.45, 7) is 6.71. The van der Waals surface area contributed by atoms with Gasteiger partial charge in [0.15, 0.2) is 11.6 Å². The molecule has 0 aliphatic carbocycles. The van der Waals surface area contributed by atoms with Crippen molar-refractivity contribution in [3.63, 3.8) is 0 Å². The number of aromatic nitrogens is 1. The molecular weight excluding hydrogens is 583 g/mol. The zero-order valence-corrected chi connectivity index (χ0v) is 26.7. The van der Waals surface area contributed by atoms with E-state index in [0.717, 1.165) is 59.2 Å². The van der Waals surface area contributed by atoms with Crippen LogP contribution >= 0.6 is 23.5 Å². The molecule has 4 aromatic rings. The number of aliphatic imine (C=N–C) groups is 2. The lowest BCUT2D eigenvalue weighted by atomic mass is 9.75. The maximum Gasteiger partial charge on any atom is 0.188 e. The molecule has 0 saturated carbocycles. The highest BCUT2D eigenvalue weighted by Crippen LogP contribution is 2.43. The molecule has 1 aliphatic heterocycles. The third kappa shape index (κ3) is 6.78. The van der Waals surface area contributed by atoms with Gasteiger partial charge >= 0.3 is 0 Å². The van der Waals surface area contributed by atoms with Gasteiger partial charge in [0.05, 0.1) is 10.5 Å². The molecule has 3 N–H and O–H groups in total. The Kier molecular flexibility index (Phi) is 9.51. The molecule has 2 bridgehead atoms.